The summed E-state index contributed by atoms with van der Waals surface area (Å²) in [5.41, 5.74) is 0. The second-order valence-electron chi connectivity index (χ2n) is 19.0. The molecule has 1 amide bonds. The first kappa shape index (κ1) is 62.3. The minimum absolute atomic E-state index is 0.249. The third-order valence-corrected chi connectivity index (χ3v) is 13.2. The van der Waals surface area contributed by atoms with Crippen molar-refractivity contribution in [3.05, 3.63) is 36.5 Å². The van der Waals surface area contributed by atoms with Gasteiger partial charge >= 0.3 is 0 Å². The maximum atomic E-state index is 13.1. The van der Waals surface area contributed by atoms with Crippen LogP contribution in [0.3, 0.4) is 0 Å². The fourth-order valence-corrected chi connectivity index (χ4v) is 8.79. The number of carbonyl (C=O) groups is 1. The van der Waals surface area contributed by atoms with Gasteiger partial charge in [0.2, 0.25) is 5.91 Å². The van der Waals surface area contributed by atoms with E-state index < -0.39 is 124 Å². The summed E-state index contributed by atoms with van der Waals surface area (Å²) in [4.78, 5) is 13.1. The zero-order valence-corrected chi connectivity index (χ0v) is 41.7. The first-order valence-electron chi connectivity index (χ1n) is 26.2. The lowest BCUT2D eigenvalue weighted by Gasteiger charge is -2.48. The van der Waals surface area contributed by atoms with Gasteiger partial charge in [-0.15, -0.1) is 0 Å². The number of rotatable bonds is 36. The average Bonchev–Trinajstić information content (AvgIpc) is 3.35. The van der Waals surface area contributed by atoms with E-state index in [1.165, 1.54) is 38.5 Å². The number of hydrogen-bond donors (Lipinski definition) is 12. The van der Waals surface area contributed by atoms with Crippen LogP contribution in [-0.4, -0.2) is 193 Å². The van der Waals surface area contributed by atoms with Crippen LogP contribution < -0.4 is 5.32 Å². The van der Waals surface area contributed by atoms with E-state index in [0.717, 1.165) is 70.6 Å². The van der Waals surface area contributed by atoms with Gasteiger partial charge in [0.25, 0.3) is 0 Å². The highest BCUT2D eigenvalue weighted by molar-refractivity contribution is 5.76. The summed E-state index contributed by atoms with van der Waals surface area (Å²) in [6, 6.07) is -0.889. The summed E-state index contributed by atoms with van der Waals surface area (Å²) >= 11 is 0. The molecule has 3 saturated heterocycles. The highest BCUT2D eigenvalue weighted by Gasteiger charge is 2.53. The maximum absolute atomic E-state index is 13.1. The first-order valence-corrected chi connectivity index (χ1v) is 26.2. The molecule has 0 aromatic heterocycles. The summed E-state index contributed by atoms with van der Waals surface area (Å²) in [7, 11) is 0. The van der Waals surface area contributed by atoms with Crippen molar-refractivity contribution in [3.63, 3.8) is 0 Å². The van der Waals surface area contributed by atoms with E-state index in [4.69, 9.17) is 28.4 Å². The molecule has 3 heterocycles. The summed E-state index contributed by atoms with van der Waals surface area (Å²) in [6.45, 7) is 1.59. The molecule has 3 fully saturated rings. The SMILES string of the molecule is CCCCCCC/C=C\C/C=C\C/C=C\CCCCCCCCC(=O)NC(COC1OC(CO)C(OC2OC(CO)C(OC3OC(CO)C(O)C(O)C3O)C(O)C2O)C(O)C1O)C(O)CCCCCC. The fraction of sp³-hybridized carbons (Fsp3) is 0.863. The molecule has 0 aromatic rings. The minimum Gasteiger partial charge on any atom is -0.394 e. The van der Waals surface area contributed by atoms with Crippen LogP contribution in [0.1, 0.15) is 149 Å². The predicted octanol–water partition coefficient (Wildman–Crippen LogP) is 2.20. The molecule has 3 rings (SSSR count). The van der Waals surface area contributed by atoms with Crippen molar-refractivity contribution in [2.24, 2.45) is 0 Å². The molecule has 0 aromatic carbocycles. The highest BCUT2D eigenvalue weighted by Crippen LogP contribution is 2.33. The molecule has 19 nitrogen and oxygen atoms in total. The summed E-state index contributed by atoms with van der Waals surface area (Å²) in [5.74, 6) is -0.267. The van der Waals surface area contributed by atoms with Crippen molar-refractivity contribution >= 4 is 5.91 Å². The number of unbranched alkanes of at least 4 members (excludes halogenated alkanes) is 14. The Labute approximate surface area is 415 Å². The van der Waals surface area contributed by atoms with Gasteiger partial charge in [0.1, 0.15) is 73.2 Å². The number of amides is 1. The summed E-state index contributed by atoms with van der Waals surface area (Å²) in [6.07, 6.45) is 7.68. The Kier molecular flexibility index (Phi) is 32.1. The molecule has 19 heteroatoms. The van der Waals surface area contributed by atoms with Crippen molar-refractivity contribution in [1.29, 1.82) is 0 Å². The topological polar surface area (TPSA) is 307 Å². The molecular formula is C51H91NO18. The molecular weight excluding hydrogens is 915 g/mol. The number of carbonyl (C=O) groups excluding carboxylic acids is 1. The fourth-order valence-electron chi connectivity index (χ4n) is 8.79. The first-order chi connectivity index (χ1) is 33.8. The van der Waals surface area contributed by atoms with Gasteiger partial charge < -0.3 is 89.9 Å². The van der Waals surface area contributed by atoms with Gasteiger partial charge in [-0.25, -0.2) is 0 Å². The van der Waals surface area contributed by atoms with E-state index in [-0.39, 0.29) is 18.9 Å². The van der Waals surface area contributed by atoms with Gasteiger partial charge in [-0.2, -0.15) is 0 Å². The van der Waals surface area contributed by atoms with E-state index in [0.29, 0.717) is 19.3 Å². The third-order valence-electron chi connectivity index (χ3n) is 13.2. The monoisotopic (exact) mass is 1010 g/mol. The molecule has 0 bridgehead atoms. The predicted molar refractivity (Wildman–Crippen MR) is 259 cm³/mol. The van der Waals surface area contributed by atoms with Crippen molar-refractivity contribution in [2.75, 3.05) is 26.4 Å². The lowest BCUT2D eigenvalue weighted by molar-refractivity contribution is -0.379. The Morgan fingerprint density at radius 1 is 0.514 bits per heavy atom. The zero-order chi connectivity index (χ0) is 51.3. The molecule has 3 aliphatic rings. The summed E-state index contributed by atoms with van der Waals surface area (Å²) in [5, 5.41) is 119. The number of hydrogen-bond acceptors (Lipinski definition) is 18. The molecule has 0 saturated carbocycles. The van der Waals surface area contributed by atoms with Gasteiger partial charge in [-0.05, 0) is 51.4 Å². The van der Waals surface area contributed by atoms with Crippen LogP contribution in [0.2, 0.25) is 0 Å². The average molecular weight is 1010 g/mol. The molecule has 408 valence electrons. The van der Waals surface area contributed by atoms with Crippen molar-refractivity contribution < 1.29 is 89.4 Å². The van der Waals surface area contributed by atoms with Crippen molar-refractivity contribution in [2.45, 2.75) is 253 Å². The normalized spacial score (nSPS) is 32.8. The minimum atomic E-state index is -1.97. The van der Waals surface area contributed by atoms with Crippen LogP contribution in [0.15, 0.2) is 36.5 Å². The van der Waals surface area contributed by atoms with Crippen LogP contribution in [0.5, 0.6) is 0 Å². The van der Waals surface area contributed by atoms with Crippen LogP contribution in [-0.2, 0) is 33.2 Å². The second-order valence-corrected chi connectivity index (χ2v) is 19.0. The molecule has 17 atom stereocenters. The van der Waals surface area contributed by atoms with Crippen LogP contribution in [0.4, 0.5) is 0 Å². The van der Waals surface area contributed by atoms with Gasteiger partial charge in [0, 0.05) is 6.42 Å². The third kappa shape index (κ3) is 21.5. The van der Waals surface area contributed by atoms with E-state index in [9.17, 15) is 61.0 Å². The Morgan fingerprint density at radius 2 is 0.943 bits per heavy atom. The van der Waals surface area contributed by atoms with Crippen LogP contribution in [0, 0.1) is 0 Å². The number of aliphatic hydroxyl groups excluding tert-OH is 11. The van der Waals surface area contributed by atoms with Gasteiger partial charge in [0.15, 0.2) is 18.9 Å². The summed E-state index contributed by atoms with van der Waals surface area (Å²) < 4.78 is 34.0. The maximum Gasteiger partial charge on any atom is 0.220 e. The van der Waals surface area contributed by atoms with E-state index in [2.05, 4.69) is 55.6 Å². The van der Waals surface area contributed by atoms with Gasteiger partial charge in [0.05, 0.1) is 38.6 Å². The van der Waals surface area contributed by atoms with E-state index >= 15 is 0 Å². The highest BCUT2D eigenvalue weighted by atomic mass is 16.8. The number of nitrogens with one attached hydrogen (secondary N) is 1. The van der Waals surface area contributed by atoms with E-state index in [1.54, 1.807) is 0 Å². The second kappa shape index (κ2) is 36.0. The molecule has 0 spiro atoms. The number of allylic oxidation sites excluding steroid dienone is 6. The Hall–Kier alpha value is -1.99. The molecule has 12 N–H and O–H groups in total. The van der Waals surface area contributed by atoms with Crippen molar-refractivity contribution in [1.82, 2.24) is 5.32 Å². The van der Waals surface area contributed by atoms with E-state index in [1.807, 2.05) is 0 Å². The number of ether oxygens (including phenoxy) is 6. The van der Waals surface area contributed by atoms with Crippen LogP contribution in [0.25, 0.3) is 0 Å². The Bertz CT molecular complexity index is 1440. The van der Waals surface area contributed by atoms with Gasteiger partial charge in [-0.1, -0.05) is 127 Å². The molecule has 17 unspecified atom stereocenters. The zero-order valence-electron chi connectivity index (χ0n) is 41.7. The number of aliphatic hydroxyl groups is 11. The van der Waals surface area contributed by atoms with Gasteiger partial charge in [-0.3, -0.25) is 4.79 Å². The molecule has 3 aliphatic heterocycles. The molecule has 0 radical (unpaired) electrons. The lowest BCUT2D eigenvalue weighted by atomic mass is 9.96. The standard InChI is InChI=1S/C51H91NO18/c1-3-5-7-9-10-11-12-13-14-15-16-17-18-19-20-21-22-23-24-25-27-29-39(57)52-34(35(56)28-26-8-6-4-2)33-65-49-45(63)42(60)47(37(31-54)67-49)70-51-46(64)43(61)48(38(32-55)68-51)69-50-44(62)41(59)40(58)36(30-53)66-50/h12-13,15-16,18-19,34-38,40-51,53-56,58-64H,3-11,14,17,20-33H2,1-2H3,(H,52,57)/b13-12-,16-15-,19-18-. The Morgan fingerprint density at radius 3 is 1.47 bits per heavy atom. The smallest absolute Gasteiger partial charge is 0.220 e. The molecule has 0 aliphatic carbocycles. The van der Waals surface area contributed by atoms with Crippen molar-refractivity contribution in [3.8, 4) is 0 Å². The van der Waals surface area contributed by atoms with Crippen LogP contribution >= 0.6 is 0 Å². The largest absolute Gasteiger partial charge is 0.394 e. The molecule has 70 heavy (non-hydrogen) atoms. The lowest BCUT2D eigenvalue weighted by Crippen LogP contribution is -2.66. The quantitative estimate of drug-likeness (QED) is 0.0316. The Balaban J connectivity index is 1.44.